The van der Waals surface area contributed by atoms with E-state index in [9.17, 15) is 4.21 Å². The summed E-state index contributed by atoms with van der Waals surface area (Å²) < 4.78 is 11.8. The third kappa shape index (κ3) is 4.40. The lowest BCUT2D eigenvalue weighted by Gasteiger charge is -2.05. The Morgan fingerprint density at radius 1 is 1.40 bits per heavy atom. The first kappa shape index (κ1) is 12.1. The quantitative estimate of drug-likeness (QED) is 0.776. The lowest BCUT2D eigenvalue weighted by atomic mass is 10.2. The summed E-state index contributed by atoms with van der Waals surface area (Å²) in [5.41, 5.74) is 0. The van der Waals surface area contributed by atoms with Crippen LogP contribution in [0.15, 0.2) is 47.4 Å². The summed E-state index contributed by atoms with van der Waals surface area (Å²) in [7, 11) is -0.950. The Morgan fingerprint density at radius 2 is 2.07 bits per heavy atom. The molecule has 0 spiro atoms. The van der Waals surface area contributed by atoms with Gasteiger partial charge in [-0.2, -0.15) is 0 Å². The van der Waals surface area contributed by atoms with E-state index >= 15 is 0 Å². The Morgan fingerprint density at radius 3 is 2.67 bits per heavy atom. The van der Waals surface area contributed by atoms with Gasteiger partial charge in [-0.15, -0.1) is 0 Å². The Hall–Kier alpha value is -0.930. The Bertz CT molecular complexity index is 333. The fourth-order valence-corrected chi connectivity index (χ4v) is 2.50. The minimum Gasteiger partial charge on any atom is -0.392 e. The SMILES string of the molecule is C[C@@H](/C=C\CO)CS(=O)c1ccccc1. The fourth-order valence-electron chi connectivity index (χ4n) is 1.26. The maximum atomic E-state index is 11.8. The van der Waals surface area contributed by atoms with Crippen LogP contribution in [0.2, 0.25) is 0 Å². The van der Waals surface area contributed by atoms with Gasteiger partial charge >= 0.3 is 0 Å². The molecule has 0 aliphatic heterocycles. The van der Waals surface area contributed by atoms with Crippen molar-refractivity contribution in [1.29, 1.82) is 0 Å². The molecule has 0 amide bonds. The molecule has 82 valence electrons. The van der Waals surface area contributed by atoms with Crippen LogP contribution in [0, 0.1) is 5.92 Å². The molecule has 1 N–H and O–H groups in total. The second-order valence-electron chi connectivity index (χ2n) is 3.41. The van der Waals surface area contributed by atoms with E-state index in [4.69, 9.17) is 5.11 Å². The molecule has 1 unspecified atom stereocenters. The summed E-state index contributed by atoms with van der Waals surface area (Å²) in [6.07, 6.45) is 3.58. The lowest BCUT2D eigenvalue weighted by molar-refractivity contribution is 0.342. The third-order valence-corrected chi connectivity index (χ3v) is 3.62. The number of hydrogen-bond donors (Lipinski definition) is 1. The van der Waals surface area contributed by atoms with Crippen molar-refractivity contribution in [2.24, 2.45) is 5.92 Å². The normalized spacial score (nSPS) is 15.3. The van der Waals surface area contributed by atoms with Crippen LogP contribution >= 0.6 is 0 Å². The average molecular weight is 224 g/mol. The largest absolute Gasteiger partial charge is 0.392 e. The summed E-state index contributed by atoms with van der Waals surface area (Å²) in [6, 6.07) is 9.44. The summed E-state index contributed by atoms with van der Waals surface area (Å²) >= 11 is 0. The molecule has 2 atom stereocenters. The summed E-state index contributed by atoms with van der Waals surface area (Å²) in [4.78, 5) is 0.863. The molecule has 1 aromatic rings. The lowest BCUT2D eigenvalue weighted by Crippen LogP contribution is -2.05. The highest BCUT2D eigenvalue weighted by Gasteiger charge is 2.06. The van der Waals surface area contributed by atoms with E-state index in [1.54, 1.807) is 6.08 Å². The molecule has 1 rings (SSSR count). The van der Waals surface area contributed by atoms with E-state index in [1.807, 2.05) is 43.3 Å². The molecule has 0 bridgehead atoms. The zero-order chi connectivity index (χ0) is 11.1. The summed E-state index contributed by atoms with van der Waals surface area (Å²) in [5, 5.41) is 8.60. The van der Waals surface area contributed by atoms with Gasteiger partial charge < -0.3 is 5.11 Å². The maximum Gasteiger partial charge on any atom is 0.0612 e. The minimum absolute atomic E-state index is 0.0440. The smallest absolute Gasteiger partial charge is 0.0612 e. The van der Waals surface area contributed by atoms with Crippen molar-refractivity contribution < 1.29 is 9.32 Å². The van der Waals surface area contributed by atoms with Gasteiger partial charge in [-0.05, 0) is 18.1 Å². The number of rotatable bonds is 5. The van der Waals surface area contributed by atoms with Crippen LogP contribution in [0.5, 0.6) is 0 Å². The van der Waals surface area contributed by atoms with E-state index in [1.165, 1.54) is 0 Å². The Balaban J connectivity index is 2.53. The van der Waals surface area contributed by atoms with Crippen molar-refractivity contribution in [3.05, 3.63) is 42.5 Å². The predicted molar refractivity (Wildman–Crippen MR) is 63.1 cm³/mol. The molecule has 15 heavy (non-hydrogen) atoms. The van der Waals surface area contributed by atoms with Crippen molar-refractivity contribution in [3.63, 3.8) is 0 Å². The monoisotopic (exact) mass is 224 g/mol. The van der Waals surface area contributed by atoms with Gasteiger partial charge in [0.05, 0.1) is 17.4 Å². The Labute approximate surface area is 93.1 Å². The third-order valence-electron chi connectivity index (χ3n) is 1.99. The van der Waals surface area contributed by atoms with Crippen molar-refractivity contribution >= 4 is 10.8 Å². The first-order chi connectivity index (χ1) is 7.24. The fraction of sp³-hybridized carbons (Fsp3) is 0.333. The van der Waals surface area contributed by atoms with Crippen molar-refractivity contribution in [2.45, 2.75) is 11.8 Å². The second kappa shape index (κ2) is 6.53. The van der Waals surface area contributed by atoms with Crippen molar-refractivity contribution in [1.82, 2.24) is 0 Å². The first-order valence-electron chi connectivity index (χ1n) is 4.95. The zero-order valence-corrected chi connectivity index (χ0v) is 9.61. The van der Waals surface area contributed by atoms with Crippen molar-refractivity contribution in [3.8, 4) is 0 Å². The van der Waals surface area contributed by atoms with E-state index < -0.39 is 10.8 Å². The van der Waals surface area contributed by atoms with Gasteiger partial charge in [0, 0.05) is 10.6 Å². The molecule has 0 fully saturated rings. The van der Waals surface area contributed by atoms with Crippen LogP contribution in [0.4, 0.5) is 0 Å². The highest BCUT2D eigenvalue weighted by Crippen LogP contribution is 2.10. The van der Waals surface area contributed by atoms with Gasteiger partial charge in [0.25, 0.3) is 0 Å². The van der Waals surface area contributed by atoms with E-state index in [2.05, 4.69) is 0 Å². The molecule has 0 aromatic heterocycles. The van der Waals surface area contributed by atoms with Gasteiger partial charge in [-0.25, -0.2) is 0 Å². The van der Waals surface area contributed by atoms with Crippen LogP contribution in [-0.2, 0) is 10.8 Å². The molecule has 2 nitrogen and oxygen atoms in total. The number of hydrogen-bond acceptors (Lipinski definition) is 2. The van der Waals surface area contributed by atoms with Crippen LogP contribution in [0.1, 0.15) is 6.92 Å². The molecule has 0 aliphatic rings. The number of allylic oxidation sites excluding steroid dienone is 1. The summed E-state index contributed by atoms with van der Waals surface area (Å²) in [6.45, 7) is 2.04. The first-order valence-corrected chi connectivity index (χ1v) is 6.27. The van der Waals surface area contributed by atoms with E-state index in [0.717, 1.165) is 4.90 Å². The van der Waals surface area contributed by atoms with Crippen LogP contribution in [0.25, 0.3) is 0 Å². The average Bonchev–Trinajstić information content (AvgIpc) is 2.27. The standard InChI is InChI=1S/C12H16O2S/c1-11(6-5-9-13)10-15(14)12-7-3-2-4-8-12/h2-8,11,13H,9-10H2,1H3/b6-5-/t11-,15?/m0/s1. The molecule has 0 heterocycles. The molecule has 0 radical (unpaired) electrons. The van der Waals surface area contributed by atoms with Gasteiger partial charge in [0.15, 0.2) is 0 Å². The molecular formula is C12H16O2S. The van der Waals surface area contributed by atoms with Crippen LogP contribution < -0.4 is 0 Å². The van der Waals surface area contributed by atoms with Crippen molar-refractivity contribution in [2.75, 3.05) is 12.4 Å². The van der Waals surface area contributed by atoms with Gasteiger partial charge in [-0.3, -0.25) is 4.21 Å². The van der Waals surface area contributed by atoms with Gasteiger partial charge in [0.1, 0.15) is 0 Å². The second-order valence-corrected chi connectivity index (χ2v) is 4.91. The van der Waals surface area contributed by atoms with E-state index in [0.29, 0.717) is 5.75 Å². The molecule has 0 aliphatic carbocycles. The van der Waals surface area contributed by atoms with E-state index in [-0.39, 0.29) is 12.5 Å². The molecular weight excluding hydrogens is 208 g/mol. The minimum atomic E-state index is -0.950. The molecule has 0 saturated heterocycles. The zero-order valence-electron chi connectivity index (χ0n) is 8.80. The molecule has 0 saturated carbocycles. The predicted octanol–water partition coefficient (Wildman–Crippen LogP) is 1.98. The number of benzene rings is 1. The molecule has 1 aromatic carbocycles. The maximum absolute atomic E-state index is 11.8. The van der Waals surface area contributed by atoms with Gasteiger partial charge in [-0.1, -0.05) is 37.3 Å². The number of aliphatic hydroxyl groups excluding tert-OH is 1. The Kier molecular flexibility index (Phi) is 5.29. The summed E-state index contributed by atoms with van der Waals surface area (Å²) in [5.74, 6) is 0.818. The highest BCUT2D eigenvalue weighted by atomic mass is 32.2. The van der Waals surface area contributed by atoms with Crippen LogP contribution in [0.3, 0.4) is 0 Å². The molecule has 3 heteroatoms. The van der Waals surface area contributed by atoms with Crippen LogP contribution in [-0.4, -0.2) is 21.7 Å². The topological polar surface area (TPSA) is 37.3 Å². The highest BCUT2D eigenvalue weighted by molar-refractivity contribution is 7.85. The van der Waals surface area contributed by atoms with Gasteiger partial charge in [0.2, 0.25) is 0 Å². The number of aliphatic hydroxyl groups is 1.